The molecule has 116 valence electrons. The predicted molar refractivity (Wildman–Crippen MR) is 96.9 cm³/mol. The zero-order chi connectivity index (χ0) is 15.9. The van der Waals surface area contributed by atoms with Crippen LogP contribution in [0.1, 0.15) is 17.5 Å². The minimum Gasteiger partial charge on any atom is -0.497 e. The fourth-order valence-corrected chi connectivity index (χ4v) is 2.79. The second kappa shape index (κ2) is 7.64. The lowest BCUT2D eigenvalue weighted by Crippen LogP contribution is -1.90. The van der Waals surface area contributed by atoms with Gasteiger partial charge in [0, 0.05) is 0 Å². The van der Waals surface area contributed by atoms with Gasteiger partial charge in [0.1, 0.15) is 5.75 Å². The van der Waals surface area contributed by atoms with Crippen LogP contribution in [0.2, 0.25) is 0 Å². The van der Waals surface area contributed by atoms with Gasteiger partial charge in [0.2, 0.25) is 0 Å². The molecule has 3 aromatic rings. The third-order valence-corrected chi connectivity index (χ3v) is 4.15. The van der Waals surface area contributed by atoms with E-state index in [1.165, 1.54) is 28.7 Å². The van der Waals surface area contributed by atoms with Crippen molar-refractivity contribution < 1.29 is 4.74 Å². The van der Waals surface area contributed by atoms with Crippen molar-refractivity contribution in [3.05, 3.63) is 90.0 Å². The Labute approximate surface area is 138 Å². The van der Waals surface area contributed by atoms with Gasteiger partial charge in [-0.05, 0) is 53.6 Å². The first-order valence-corrected chi connectivity index (χ1v) is 8.12. The minimum absolute atomic E-state index is 0.895. The van der Waals surface area contributed by atoms with E-state index >= 15 is 0 Å². The van der Waals surface area contributed by atoms with E-state index in [0.717, 1.165) is 18.6 Å². The van der Waals surface area contributed by atoms with Crippen LogP contribution < -0.4 is 4.74 Å². The zero-order valence-electron chi connectivity index (χ0n) is 13.5. The van der Waals surface area contributed by atoms with Gasteiger partial charge >= 0.3 is 0 Å². The summed E-state index contributed by atoms with van der Waals surface area (Å²) in [5.74, 6) is 0.895. The molecule has 0 atom stereocenters. The Bertz CT molecular complexity index is 712. The fraction of sp³-hybridized carbons (Fsp3) is 0.182. The molecule has 0 N–H and O–H groups in total. The maximum atomic E-state index is 5.20. The van der Waals surface area contributed by atoms with E-state index in [9.17, 15) is 0 Å². The van der Waals surface area contributed by atoms with Crippen molar-refractivity contribution in [3.63, 3.8) is 0 Å². The molecule has 0 aliphatic rings. The van der Waals surface area contributed by atoms with Crippen LogP contribution in [0.3, 0.4) is 0 Å². The van der Waals surface area contributed by atoms with E-state index in [4.69, 9.17) is 4.74 Å². The number of ether oxygens (including phenoxy) is 1. The van der Waals surface area contributed by atoms with Crippen LogP contribution in [0.15, 0.2) is 78.9 Å². The van der Waals surface area contributed by atoms with Crippen LogP contribution in [0.25, 0.3) is 11.1 Å². The van der Waals surface area contributed by atoms with Crippen LogP contribution in [0, 0.1) is 0 Å². The van der Waals surface area contributed by atoms with E-state index in [2.05, 4.69) is 66.7 Å². The Morgan fingerprint density at radius 1 is 0.609 bits per heavy atom. The molecule has 0 aromatic heterocycles. The lowest BCUT2D eigenvalue weighted by molar-refractivity contribution is 0.415. The van der Waals surface area contributed by atoms with E-state index < -0.39 is 0 Å². The van der Waals surface area contributed by atoms with Gasteiger partial charge in [-0.2, -0.15) is 0 Å². The second-order valence-electron chi connectivity index (χ2n) is 5.76. The molecule has 0 saturated carbocycles. The highest BCUT2D eigenvalue weighted by Crippen LogP contribution is 2.23. The molecule has 3 rings (SSSR count). The molecule has 0 heterocycles. The quantitative estimate of drug-likeness (QED) is 0.581. The Morgan fingerprint density at radius 2 is 1.13 bits per heavy atom. The Balaban J connectivity index is 1.58. The number of hydrogen-bond acceptors (Lipinski definition) is 1. The van der Waals surface area contributed by atoms with Crippen molar-refractivity contribution >= 4 is 0 Å². The highest BCUT2D eigenvalue weighted by Gasteiger charge is 2.00. The first kappa shape index (κ1) is 15.4. The number of hydrogen-bond donors (Lipinski definition) is 0. The summed E-state index contributed by atoms with van der Waals surface area (Å²) in [4.78, 5) is 0. The molecule has 0 saturated heterocycles. The minimum atomic E-state index is 0.895. The first-order valence-electron chi connectivity index (χ1n) is 8.12. The smallest absolute Gasteiger partial charge is 0.118 e. The van der Waals surface area contributed by atoms with Gasteiger partial charge in [0.25, 0.3) is 0 Å². The average molecular weight is 302 g/mol. The van der Waals surface area contributed by atoms with Crippen molar-refractivity contribution in [1.29, 1.82) is 0 Å². The SMILES string of the molecule is COc1ccc(-c2ccc(CCCc3ccccc3)cc2)cc1. The van der Waals surface area contributed by atoms with Gasteiger partial charge in [-0.1, -0.05) is 66.7 Å². The summed E-state index contributed by atoms with van der Waals surface area (Å²) in [5.41, 5.74) is 5.29. The van der Waals surface area contributed by atoms with Crippen LogP contribution >= 0.6 is 0 Å². The van der Waals surface area contributed by atoms with E-state index in [1.54, 1.807) is 7.11 Å². The lowest BCUT2D eigenvalue weighted by atomic mass is 10.0. The molecule has 0 amide bonds. The molecule has 0 bridgehead atoms. The topological polar surface area (TPSA) is 9.23 Å². The standard InChI is InChI=1S/C22H22O/c1-23-22-16-14-21(15-17-22)20-12-10-19(11-13-20)9-5-8-18-6-3-2-4-7-18/h2-4,6-7,10-17H,5,8-9H2,1H3. The molecule has 3 aromatic carbocycles. The van der Waals surface area contributed by atoms with Crippen LogP contribution in [0.5, 0.6) is 5.75 Å². The summed E-state index contributed by atoms with van der Waals surface area (Å²) in [5, 5.41) is 0. The van der Waals surface area contributed by atoms with Crippen molar-refractivity contribution in [3.8, 4) is 16.9 Å². The molecule has 0 radical (unpaired) electrons. The van der Waals surface area contributed by atoms with Crippen molar-refractivity contribution in [2.45, 2.75) is 19.3 Å². The maximum absolute atomic E-state index is 5.20. The van der Waals surface area contributed by atoms with Gasteiger partial charge in [-0.25, -0.2) is 0 Å². The van der Waals surface area contributed by atoms with E-state index in [1.807, 2.05) is 12.1 Å². The average Bonchev–Trinajstić information content (AvgIpc) is 2.63. The number of rotatable bonds is 6. The Morgan fingerprint density at radius 3 is 1.70 bits per heavy atom. The molecular weight excluding hydrogens is 280 g/mol. The van der Waals surface area contributed by atoms with Gasteiger partial charge in [-0.3, -0.25) is 0 Å². The van der Waals surface area contributed by atoms with Gasteiger partial charge in [0.15, 0.2) is 0 Å². The molecule has 0 spiro atoms. The molecule has 0 unspecified atom stereocenters. The highest BCUT2D eigenvalue weighted by molar-refractivity contribution is 5.64. The summed E-state index contributed by atoms with van der Waals surface area (Å²) in [6.07, 6.45) is 3.45. The van der Waals surface area contributed by atoms with Gasteiger partial charge in [-0.15, -0.1) is 0 Å². The molecule has 0 aliphatic carbocycles. The van der Waals surface area contributed by atoms with Gasteiger partial charge < -0.3 is 4.74 Å². The fourth-order valence-electron chi connectivity index (χ4n) is 2.79. The van der Waals surface area contributed by atoms with Crippen LogP contribution in [0.4, 0.5) is 0 Å². The molecule has 0 aliphatic heterocycles. The summed E-state index contributed by atoms with van der Waals surface area (Å²) in [6.45, 7) is 0. The molecule has 1 nitrogen and oxygen atoms in total. The third-order valence-electron chi connectivity index (χ3n) is 4.15. The summed E-state index contributed by atoms with van der Waals surface area (Å²) in [6, 6.07) is 27.8. The monoisotopic (exact) mass is 302 g/mol. The molecule has 0 fully saturated rings. The molecular formula is C22H22O. The van der Waals surface area contributed by atoms with Crippen molar-refractivity contribution in [1.82, 2.24) is 0 Å². The Kier molecular flexibility index (Phi) is 5.10. The Hall–Kier alpha value is -2.54. The van der Waals surface area contributed by atoms with E-state index in [-0.39, 0.29) is 0 Å². The lowest BCUT2D eigenvalue weighted by Gasteiger charge is -2.06. The summed E-state index contributed by atoms with van der Waals surface area (Å²) in [7, 11) is 1.69. The summed E-state index contributed by atoms with van der Waals surface area (Å²) >= 11 is 0. The van der Waals surface area contributed by atoms with Crippen molar-refractivity contribution in [2.24, 2.45) is 0 Å². The van der Waals surface area contributed by atoms with Crippen LogP contribution in [-0.2, 0) is 12.8 Å². The third kappa shape index (κ3) is 4.23. The largest absolute Gasteiger partial charge is 0.497 e. The van der Waals surface area contributed by atoms with E-state index in [0.29, 0.717) is 0 Å². The molecule has 1 heteroatoms. The number of aryl methyl sites for hydroxylation is 2. The molecule has 23 heavy (non-hydrogen) atoms. The zero-order valence-corrected chi connectivity index (χ0v) is 13.5. The second-order valence-corrected chi connectivity index (χ2v) is 5.76. The van der Waals surface area contributed by atoms with Gasteiger partial charge in [0.05, 0.1) is 7.11 Å². The maximum Gasteiger partial charge on any atom is 0.118 e. The van der Waals surface area contributed by atoms with Crippen LogP contribution in [-0.4, -0.2) is 7.11 Å². The first-order chi connectivity index (χ1) is 11.3. The number of methoxy groups -OCH3 is 1. The normalized spacial score (nSPS) is 10.5. The number of benzene rings is 3. The summed E-state index contributed by atoms with van der Waals surface area (Å²) < 4.78 is 5.20. The highest BCUT2D eigenvalue weighted by atomic mass is 16.5. The predicted octanol–water partition coefficient (Wildman–Crippen LogP) is 5.54. The van der Waals surface area contributed by atoms with Crippen molar-refractivity contribution in [2.75, 3.05) is 7.11 Å².